The van der Waals surface area contributed by atoms with Gasteiger partial charge in [-0.15, -0.1) is 0 Å². The minimum atomic E-state index is -0.120. The largest absolute Gasteiger partial charge is 0.398 e. The van der Waals surface area contributed by atoms with E-state index in [-0.39, 0.29) is 10.7 Å². The molecule has 26 heavy (non-hydrogen) atoms. The minimum absolute atomic E-state index is 0.120. The molecule has 1 aliphatic rings. The maximum absolute atomic E-state index is 6.34. The molecule has 0 aliphatic carbocycles. The molecule has 0 atom stereocenters. The van der Waals surface area contributed by atoms with Gasteiger partial charge in [0.1, 0.15) is 16.7 Å². The zero-order chi connectivity index (χ0) is 18.5. The molecule has 0 spiro atoms. The number of piperidine rings is 1. The van der Waals surface area contributed by atoms with Crippen LogP contribution in [0.15, 0.2) is 18.3 Å². The Balaban J connectivity index is 1.76. The number of nitrogens with two attached hydrogens (primary N) is 2. The van der Waals surface area contributed by atoms with Crippen LogP contribution in [0, 0.1) is 0 Å². The Morgan fingerprint density at radius 3 is 2.73 bits per heavy atom. The smallest absolute Gasteiger partial charge is 0.160 e. The van der Waals surface area contributed by atoms with E-state index in [1.54, 1.807) is 12.3 Å². The third-order valence-corrected chi connectivity index (χ3v) is 5.64. The number of nitrogens with one attached hydrogen (secondary N) is 1. The summed E-state index contributed by atoms with van der Waals surface area (Å²) in [6, 6.07) is 3.63. The highest BCUT2D eigenvalue weighted by atomic mass is 35.5. The normalized spacial score (nSPS) is 17.0. The van der Waals surface area contributed by atoms with Crippen LogP contribution in [-0.2, 0) is 0 Å². The van der Waals surface area contributed by atoms with Crippen molar-refractivity contribution in [2.75, 3.05) is 23.7 Å². The Morgan fingerprint density at radius 2 is 2.00 bits per heavy atom. The van der Waals surface area contributed by atoms with Crippen LogP contribution < -0.4 is 16.4 Å². The van der Waals surface area contributed by atoms with Gasteiger partial charge in [-0.2, -0.15) is 5.10 Å². The summed E-state index contributed by atoms with van der Waals surface area (Å²) in [6.45, 7) is 3.77. The molecular formula is C17H19Cl2N7. The zero-order valence-corrected chi connectivity index (χ0v) is 15.8. The van der Waals surface area contributed by atoms with Gasteiger partial charge in [0.15, 0.2) is 5.65 Å². The Morgan fingerprint density at radius 1 is 1.27 bits per heavy atom. The summed E-state index contributed by atoms with van der Waals surface area (Å²) in [5.41, 5.74) is 14.9. The fraction of sp³-hybridized carbons (Fsp3) is 0.353. The fourth-order valence-electron chi connectivity index (χ4n) is 3.25. The van der Waals surface area contributed by atoms with Gasteiger partial charge in [0.25, 0.3) is 0 Å². The van der Waals surface area contributed by atoms with Crippen molar-refractivity contribution < 1.29 is 0 Å². The molecule has 0 unspecified atom stereocenters. The van der Waals surface area contributed by atoms with Gasteiger partial charge in [-0.3, -0.25) is 5.10 Å². The first-order chi connectivity index (χ1) is 12.4. The molecule has 3 aromatic rings. The van der Waals surface area contributed by atoms with Crippen LogP contribution in [0.4, 0.5) is 11.5 Å². The standard InChI is InChI=1S/C17H19Cl2N7/c1-17(21)3-6-26(7-4-17)11-8-10(20)12-14(24-25-16(12)23-11)9-2-5-22-15(19)13(9)18/h2,5,8H,3-4,6-7,21H2,1H3,(H3,20,23,24,25). The second-order valence-corrected chi connectivity index (χ2v) is 7.71. The fourth-order valence-corrected chi connectivity index (χ4v) is 3.61. The average molecular weight is 392 g/mol. The highest BCUT2D eigenvalue weighted by molar-refractivity contribution is 6.43. The average Bonchev–Trinajstić information content (AvgIpc) is 3.01. The number of nitrogen functional groups attached to an aromatic ring is 1. The first-order valence-electron chi connectivity index (χ1n) is 8.34. The van der Waals surface area contributed by atoms with E-state index in [2.05, 4.69) is 27.0 Å². The number of halogens is 2. The molecular weight excluding hydrogens is 373 g/mol. The highest BCUT2D eigenvalue weighted by Crippen LogP contribution is 2.37. The second kappa shape index (κ2) is 6.26. The van der Waals surface area contributed by atoms with Crippen molar-refractivity contribution in [2.24, 2.45) is 5.73 Å². The van der Waals surface area contributed by atoms with Crippen molar-refractivity contribution in [3.05, 3.63) is 28.5 Å². The highest BCUT2D eigenvalue weighted by Gasteiger charge is 2.27. The molecule has 0 saturated carbocycles. The third kappa shape index (κ3) is 2.96. The van der Waals surface area contributed by atoms with E-state index < -0.39 is 0 Å². The first kappa shape index (κ1) is 17.3. The van der Waals surface area contributed by atoms with Crippen molar-refractivity contribution in [1.29, 1.82) is 0 Å². The number of hydrogen-bond acceptors (Lipinski definition) is 6. The number of pyridine rings is 2. The van der Waals surface area contributed by atoms with Crippen LogP contribution in [0.5, 0.6) is 0 Å². The molecule has 0 aromatic carbocycles. The lowest BCUT2D eigenvalue weighted by atomic mass is 9.91. The van der Waals surface area contributed by atoms with Gasteiger partial charge >= 0.3 is 0 Å². The van der Waals surface area contributed by atoms with Crippen LogP contribution in [0.25, 0.3) is 22.3 Å². The summed E-state index contributed by atoms with van der Waals surface area (Å²) in [5.74, 6) is 0.819. The molecule has 1 aliphatic heterocycles. The monoisotopic (exact) mass is 391 g/mol. The summed E-state index contributed by atoms with van der Waals surface area (Å²) in [5, 5.41) is 8.60. The molecule has 5 N–H and O–H groups in total. The summed E-state index contributed by atoms with van der Waals surface area (Å²) in [6.07, 6.45) is 3.40. The minimum Gasteiger partial charge on any atom is -0.398 e. The van der Waals surface area contributed by atoms with Crippen molar-refractivity contribution >= 4 is 45.7 Å². The molecule has 136 valence electrons. The van der Waals surface area contributed by atoms with Gasteiger partial charge in [-0.1, -0.05) is 23.2 Å². The van der Waals surface area contributed by atoms with Crippen LogP contribution in [0.3, 0.4) is 0 Å². The maximum atomic E-state index is 6.34. The molecule has 3 aromatic heterocycles. The number of aromatic amines is 1. The van der Waals surface area contributed by atoms with Crippen molar-refractivity contribution in [3.63, 3.8) is 0 Å². The Labute approximate surface area is 160 Å². The molecule has 4 rings (SSSR count). The second-order valence-electron chi connectivity index (χ2n) is 6.97. The maximum Gasteiger partial charge on any atom is 0.160 e. The number of aromatic nitrogens is 4. The van der Waals surface area contributed by atoms with Crippen LogP contribution in [0.1, 0.15) is 19.8 Å². The SMILES string of the molecule is CC1(N)CCN(c2cc(N)c3c(-c4ccnc(Cl)c4Cl)n[nH]c3n2)CC1. The van der Waals surface area contributed by atoms with Crippen LogP contribution >= 0.6 is 23.2 Å². The van der Waals surface area contributed by atoms with E-state index >= 15 is 0 Å². The molecule has 7 nitrogen and oxygen atoms in total. The van der Waals surface area contributed by atoms with Crippen molar-refractivity contribution in [1.82, 2.24) is 20.2 Å². The predicted molar refractivity (Wildman–Crippen MR) is 106 cm³/mol. The lowest BCUT2D eigenvalue weighted by Gasteiger charge is -2.37. The number of nitrogens with zero attached hydrogens (tertiary/aromatic N) is 4. The summed E-state index contributed by atoms with van der Waals surface area (Å²) < 4.78 is 0. The third-order valence-electron chi connectivity index (χ3n) is 4.88. The number of hydrogen-bond donors (Lipinski definition) is 3. The molecule has 0 radical (unpaired) electrons. The molecule has 9 heteroatoms. The quantitative estimate of drug-likeness (QED) is 0.578. The molecule has 0 amide bonds. The van der Waals surface area contributed by atoms with E-state index in [1.807, 2.05) is 6.07 Å². The van der Waals surface area contributed by atoms with Gasteiger partial charge in [-0.25, -0.2) is 9.97 Å². The van der Waals surface area contributed by atoms with Crippen molar-refractivity contribution in [3.8, 4) is 11.3 Å². The number of anilines is 2. The Kier molecular flexibility index (Phi) is 4.17. The van der Waals surface area contributed by atoms with E-state index in [0.717, 1.165) is 37.1 Å². The summed E-state index contributed by atoms with van der Waals surface area (Å²) in [7, 11) is 0. The van der Waals surface area contributed by atoms with Crippen LogP contribution in [-0.4, -0.2) is 38.8 Å². The predicted octanol–water partition coefficient (Wildman–Crippen LogP) is 3.23. The van der Waals surface area contributed by atoms with E-state index in [4.69, 9.17) is 39.7 Å². The van der Waals surface area contributed by atoms with Gasteiger partial charge < -0.3 is 16.4 Å². The van der Waals surface area contributed by atoms with Gasteiger partial charge in [0, 0.05) is 42.1 Å². The zero-order valence-electron chi connectivity index (χ0n) is 14.3. The lowest BCUT2D eigenvalue weighted by molar-refractivity contribution is 0.363. The number of fused-ring (bicyclic) bond motifs is 1. The number of H-pyrrole nitrogens is 1. The van der Waals surface area contributed by atoms with E-state index in [0.29, 0.717) is 27.6 Å². The van der Waals surface area contributed by atoms with Gasteiger partial charge in [-0.05, 0) is 25.8 Å². The molecule has 1 fully saturated rings. The Bertz CT molecular complexity index is 973. The Hall–Kier alpha value is -2.09. The van der Waals surface area contributed by atoms with Gasteiger partial charge in [0.2, 0.25) is 0 Å². The lowest BCUT2D eigenvalue weighted by Crippen LogP contribution is -2.48. The van der Waals surface area contributed by atoms with Crippen molar-refractivity contribution in [2.45, 2.75) is 25.3 Å². The summed E-state index contributed by atoms with van der Waals surface area (Å²) >= 11 is 12.3. The molecule has 1 saturated heterocycles. The number of rotatable bonds is 2. The molecule has 0 bridgehead atoms. The summed E-state index contributed by atoms with van der Waals surface area (Å²) in [4.78, 5) is 10.9. The van der Waals surface area contributed by atoms with Gasteiger partial charge in [0.05, 0.1) is 10.4 Å². The van der Waals surface area contributed by atoms with Crippen LogP contribution in [0.2, 0.25) is 10.2 Å². The van der Waals surface area contributed by atoms with E-state index in [9.17, 15) is 0 Å². The van der Waals surface area contributed by atoms with E-state index in [1.165, 1.54) is 0 Å². The topological polar surface area (TPSA) is 110 Å². The molecule has 4 heterocycles. The first-order valence-corrected chi connectivity index (χ1v) is 9.10.